The number of thiazole rings is 1. The largest absolute Gasteiger partial charge is 0.487 e. The second-order valence-corrected chi connectivity index (χ2v) is 8.64. The summed E-state index contributed by atoms with van der Waals surface area (Å²) < 4.78 is 11.3. The number of benzene rings is 1. The van der Waals surface area contributed by atoms with Crippen molar-refractivity contribution in [2.45, 2.75) is 26.6 Å². The Morgan fingerprint density at radius 3 is 2.83 bits per heavy atom. The van der Waals surface area contributed by atoms with Crippen molar-refractivity contribution in [2.24, 2.45) is 0 Å². The molecule has 0 radical (unpaired) electrons. The lowest BCUT2D eigenvalue weighted by Crippen LogP contribution is -2.29. The Hall–Kier alpha value is -2.90. The van der Waals surface area contributed by atoms with Gasteiger partial charge in [-0.3, -0.25) is 4.79 Å². The summed E-state index contributed by atoms with van der Waals surface area (Å²) in [5, 5.41) is 1.95. The Labute approximate surface area is 177 Å². The van der Waals surface area contributed by atoms with Crippen molar-refractivity contribution >= 4 is 28.6 Å². The molecule has 1 aromatic carbocycles. The molecule has 0 aliphatic carbocycles. The maximum atomic E-state index is 13.3. The Morgan fingerprint density at radius 1 is 1.17 bits per heavy atom. The van der Waals surface area contributed by atoms with Crippen LogP contribution < -0.4 is 4.74 Å². The van der Waals surface area contributed by atoms with Crippen LogP contribution in [0.3, 0.4) is 0 Å². The molecule has 4 rings (SSSR count). The lowest BCUT2D eigenvalue weighted by atomic mass is 10.1. The number of furan rings is 1. The molecule has 1 amide bonds. The molecule has 29 heavy (non-hydrogen) atoms. The fourth-order valence-corrected chi connectivity index (χ4v) is 4.37. The highest BCUT2D eigenvalue weighted by Crippen LogP contribution is 2.22. The molecule has 0 bridgehead atoms. The molecule has 0 aliphatic rings. The number of thiophene rings is 1. The third kappa shape index (κ3) is 5.13. The number of rotatable bonds is 8. The molecule has 0 unspecified atom stereocenters. The standard InChI is InChI=1S/C22H20N2O3S2/c1-16-7-8-21(29-16)12-24(11-20-6-3-9-26-20)22(25)17-4-2-5-19(10-17)27-13-18-14-28-15-23-18/h2-10,14-15H,11-13H2,1H3. The molecule has 0 saturated heterocycles. The fraction of sp³-hybridized carbons (Fsp3) is 0.182. The monoisotopic (exact) mass is 424 g/mol. The molecule has 0 aliphatic heterocycles. The zero-order valence-corrected chi connectivity index (χ0v) is 17.5. The minimum atomic E-state index is -0.0634. The first kappa shape index (κ1) is 19.4. The van der Waals surface area contributed by atoms with E-state index in [0.29, 0.717) is 31.0 Å². The van der Waals surface area contributed by atoms with E-state index in [1.807, 2.05) is 35.7 Å². The molecule has 7 heteroatoms. The third-order valence-corrected chi connectivity index (χ3v) is 5.93. The topological polar surface area (TPSA) is 55.6 Å². The second-order valence-electron chi connectivity index (χ2n) is 6.55. The van der Waals surface area contributed by atoms with Crippen molar-refractivity contribution in [3.63, 3.8) is 0 Å². The van der Waals surface area contributed by atoms with Crippen LogP contribution in [0.2, 0.25) is 0 Å². The Morgan fingerprint density at radius 2 is 2.10 bits per heavy atom. The van der Waals surface area contributed by atoms with Crippen molar-refractivity contribution in [1.29, 1.82) is 0 Å². The van der Waals surface area contributed by atoms with Crippen molar-refractivity contribution in [3.8, 4) is 5.75 Å². The van der Waals surface area contributed by atoms with E-state index in [0.717, 1.165) is 16.3 Å². The summed E-state index contributed by atoms with van der Waals surface area (Å²) in [5.74, 6) is 1.34. The number of aryl methyl sites for hydroxylation is 1. The van der Waals surface area contributed by atoms with Gasteiger partial charge in [0.25, 0.3) is 5.91 Å². The van der Waals surface area contributed by atoms with E-state index in [4.69, 9.17) is 9.15 Å². The van der Waals surface area contributed by atoms with Gasteiger partial charge in [0.1, 0.15) is 18.1 Å². The number of hydrogen-bond donors (Lipinski definition) is 0. The third-order valence-electron chi connectivity index (χ3n) is 4.31. The van der Waals surface area contributed by atoms with E-state index >= 15 is 0 Å². The first-order chi connectivity index (χ1) is 14.2. The maximum Gasteiger partial charge on any atom is 0.254 e. The van der Waals surface area contributed by atoms with E-state index in [1.165, 1.54) is 16.2 Å². The first-order valence-corrected chi connectivity index (χ1v) is 10.9. The van der Waals surface area contributed by atoms with Crippen LogP contribution in [0, 0.1) is 6.92 Å². The number of hydrogen-bond acceptors (Lipinski definition) is 6. The molecule has 0 fully saturated rings. The average Bonchev–Trinajstić information content (AvgIpc) is 3.49. The molecular weight excluding hydrogens is 404 g/mol. The number of aromatic nitrogens is 1. The van der Waals surface area contributed by atoms with Gasteiger partial charge in [0.05, 0.1) is 30.6 Å². The molecule has 0 atom stereocenters. The summed E-state index contributed by atoms with van der Waals surface area (Å²) in [7, 11) is 0. The van der Waals surface area contributed by atoms with Crippen LogP contribution in [0.1, 0.15) is 31.6 Å². The summed E-state index contributed by atoms with van der Waals surface area (Å²) in [4.78, 5) is 21.7. The van der Waals surface area contributed by atoms with Gasteiger partial charge in [0.2, 0.25) is 0 Å². The van der Waals surface area contributed by atoms with Crippen molar-refractivity contribution in [2.75, 3.05) is 0 Å². The van der Waals surface area contributed by atoms with Gasteiger partial charge in [-0.15, -0.1) is 22.7 Å². The predicted molar refractivity (Wildman–Crippen MR) is 114 cm³/mol. The van der Waals surface area contributed by atoms with Gasteiger partial charge in [-0.1, -0.05) is 6.07 Å². The predicted octanol–water partition coefficient (Wildman–Crippen LogP) is 5.53. The highest BCUT2D eigenvalue weighted by Gasteiger charge is 2.19. The van der Waals surface area contributed by atoms with Crippen LogP contribution in [0.4, 0.5) is 0 Å². The molecule has 0 spiro atoms. The summed E-state index contributed by atoms with van der Waals surface area (Å²) in [6, 6.07) is 15.1. The zero-order chi connectivity index (χ0) is 20.1. The highest BCUT2D eigenvalue weighted by molar-refractivity contribution is 7.11. The van der Waals surface area contributed by atoms with Crippen LogP contribution in [0.25, 0.3) is 0 Å². The number of amides is 1. The van der Waals surface area contributed by atoms with Gasteiger partial charge in [0, 0.05) is 20.7 Å². The molecule has 4 aromatic rings. The number of nitrogens with zero attached hydrogens (tertiary/aromatic N) is 2. The molecule has 3 heterocycles. The van der Waals surface area contributed by atoms with Gasteiger partial charge < -0.3 is 14.1 Å². The molecule has 0 saturated carbocycles. The number of carbonyl (C=O) groups is 1. The van der Waals surface area contributed by atoms with Gasteiger partial charge in [-0.05, 0) is 49.4 Å². The molecule has 0 N–H and O–H groups in total. The summed E-state index contributed by atoms with van der Waals surface area (Å²) >= 11 is 3.23. The van der Waals surface area contributed by atoms with E-state index < -0.39 is 0 Å². The minimum Gasteiger partial charge on any atom is -0.487 e. The summed E-state index contributed by atoms with van der Waals surface area (Å²) in [6.45, 7) is 3.39. The Balaban J connectivity index is 1.52. The van der Waals surface area contributed by atoms with E-state index in [1.54, 1.807) is 34.1 Å². The van der Waals surface area contributed by atoms with Crippen molar-refractivity contribution < 1.29 is 13.9 Å². The number of ether oxygens (including phenoxy) is 1. The maximum absolute atomic E-state index is 13.3. The lowest BCUT2D eigenvalue weighted by molar-refractivity contribution is 0.0719. The van der Waals surface area contributed by atoms with Crippen molar-refractivity contribution in [1.82, 2.24) is 9.88 Å². The van der Waals surface area contributed by atoms with Gasteiger partial charge in [-0.2, -0.15) is 0 Å². The molecule has 3 aromatic heterocycles. The fourth-order valence-electron chi connectivity index (χ4n) is 2.92. The van der Waals surface area contributed by atoms with Gasteiger partial charge in [0.15, 0.2) is 0 Å². The van der Waals surface area contributed by atoms with E-state index in [2.05, 4.69) is 24.0 Å². The van der Waals surface area contributed by atoms with E-state index in [9.17, 15) is 4.79 Å². The lowest BCUT2D eigenvalue weighted by Gasteiger charge is -2.21. The van der Waals surface area contributed by atoms with Crippen LogP contribution in [-0.2, 0) is 19.7 Å². The molecule has 5 nitrogen and oxygen atoms in total. The van der Waals surface area contributed by atoms with Crippen molar-refractivity contribution in [3.05, 3.63) is 92.5 Å². The highest BCUT2D eigenvalue weighted by atomic mass is 32.1. The smallest absolute Gasteiger partial charge is 0.254 e. The number of carbonyl (C=O) groups excluding carboxylic acids is 1. The van der Waals surface area contributed by atoms with Crippen LogP contribution in [-0.4, -0.2) is 15.8 Å². The SMILES string of the molecule is Cc1ccc(CN(Cc2ccco2)C(=O)c2cccc(OCc3cscn3)c2)s1. The van der Waals surface area contributed by atoms with Gasteiger partial charge in [-0.25, -0.2) is 4.98 Å². The van der Waals surface area contributed by atoms with Crippen LogP contribution in [0.15, 0.2) is 70.1 Å². The van der Waals surface area contributed by atoms with Gasteiger partial charge >= 0.3 is 0 Å². The Bertz CT molecular complexity index is 1060. The summed E-state index contributed by atoms with van der Waals surface area (Å²) in [5.41, 5.74) is 3.23. The quantitative estimate of drug-likeness (QED) is 0.373. The second kappa shape index (κ2) is 9.07. The summed E-state index contributed by atoms with van der Waals surface area (Å²) in [6.07, 6.45) is 1.63. The average molecular weight is 425 g/mol. The zero-order valence-electron chi connectivity index (χ0n) is 15.9. The normalized spacial score (nSPS) is 10.8. The van der Waals surface area contributed by atoms with E-state index in [-0.39, 0.29) is 5.91 Å². The van der Waals surface area contributed by atoms with Crippen LogP contribution in [0.5, 0.6) is 5.75 Å². The first-order valence-electron chi connectivity index (χ1n) is 9.14. The Kier molecular flexibility index (Phi) is 6.07. The molecule has 148 valence electrons. The minimum absolute atomic E-state index is 0.0634. The van der Waals surface area contributed by atoms with Crippen LogP contribution >= 0.6 is 22.7 Å². The molecular formula is C22H20N2O3S2.